The average Bonchev–Trinajstić information content (AvgIpc) is 4.00. The molecule has 0 aliphatic heterocycles. The monoisotopic (exact) mass is 745 g/mol. The van der Waals surface area contributed by atoms with Crippen LogP contribution < -0.4 is 4.90 Å². The van der Waals surface area contributed by atoms with E-state index in [1.54, 1.807) is 0 Å². The van der Waals surface area contributed by atoms with Gasteiger partial charge in [0, 0.05) is 55.3 Å². The predicted octanol–water partition coefficient (Wildman–Crippen LogP) is 14.5. The number of oxazole rings is 1. The van der Waals surface area contributed by atoms with Crippen molar-refractivity contribution in [3.8, 4) is 17.1 Å². The van der Waals surface area contributed by atoms with Gasteiger partial charge in [-0.05, 0) is 120 Å². The molecule has 0 radical (unpaired) electrons. The molecule has 0 fully saturated rings. The van der Waals surface area contributed by atoms with Gasteiger partial charge >= 0.3 is 0 Å². The van der Waals surface area contributed by atoms with E-state index in [2.05, 4.69) is 149 Å². The van der Waals surface area contributed by atoms with Crippen molar-refractivity contribution in [2.24, 2.45) is 0 Å². The number of para-hydroxylation sites is 3. The lowest BCUT2D eigenvalue weighted by Crippen LogP contribution is -2.18. The Morgan fingerprint density at radius 1 is 0.466 bits per heavy atom. The Labute approximate surface area is 334 Å². The molecular formula is C53H35N3O2. The van der Waals surface area contributed by atoms with E-state index >= 15 is 0 Å². The minimum atomic E-state index is 0.644. The number of fused-ring (bicyclic) bond motifs is 9. The second-order valence-corrected chi connectivity index (χ2v) is 15.1. The third kappa shape index (κ3) is 5.21. The summed E-state index contributed by atoms with van der Waals surface area (Å²) in [6.45, 7) is 0. The molecule has 0 amide bonds. The van der Waals surface area contributed by atoms with Gasteiger partial charge in [0.15, 0.2) is 5.58 Å². The molecule has 0 spiro atoms. The van der Waals surface area contributed by atoms with E-state index in [1.165, 1.54) is 38.6 Å². The maximum Gasteiger partial charge on any atom is 0.227 e. The molecule has 1 aliphatic rings. The van der Waals surface area contributed by atoms with Gasteiger partial charge in [-0.2, -0.15) is 0 Å². The van der Waals surface area contributed by atoms with Gasteiger partial charge in [0.2, 0.25) is 5.89 Å². The van der Waals surface area contributed by atoms with E-state index in [0.717, 1.165) is 79.3 Å². The molecule has 0 atom stereocenters. The van der Waals surface area contributed by atoms with E-state index in [0.29, 0.717) is 5.89 Å². The number of furan rings is 1. The first-order chi connectivity index (χ1) is 28.7. The molecule has 0 N–H and O–H groups in total. The van der Waals surface area contributed by atoms with Crippen molar-refractivity contribution in [3.63, 3.8) is 0 Å². The highest BCUT2D eigenvalue weighted by molar-refractivity contribution is 6.10. The molecular weight excluding hydrogens is 711 g/mol. The van der Waals surface area contributed by atoms with Crippen molar-refractivity contribution in [2.75, 3.05) is 4.90 Å². The second kappa shape index (κ2) is 13.0. The summed E-state index contributed by atoms with van der Waals surface area (Å²) in [5.41, 5.74) is 14.0. The van der Waals surface area contributed by atoms with Crippen LogP contribution in [0.15, 0.2) is 203 Å². The van der Waals surface area contributed by atoms with Crippen molar-refractivity contribution in [1.82, 2.24) is 9.55 Å². The lowest BCUT2D eigenvalue weighted by Gasteiger charge is -2.30. The highest BCUT2D eigenvalue weighted by atomic mass is 16.3. The molecule has 0 unspecified atom stereocenters. The maximum absolute atomic E-state index is 6.25. The first-order valence-corrected chi connectivity index (χ1v) is 19.8. The van der Waals surface area contributed by atoms with Crippen LogP contribution in [0, 0.1) is 0 Å². The van der Waals surface area contributed by atoms with Gasteiger partial charge in [0.05, 0.1) is 11.0 Å². The van der Waals surface area contributed by atoms with Crippen LogP contribution in [0.2, 0.25) is 0 Å². The summed E-state index contributed by atoms with van der Waals surface area (Å²) < 4.78 is 14.8. The Kier molecular flexibility index (Phi) is 7.29. The number of allylic oxidation sites excluding steroid dienone is 4. The Bertz CT molecular complexity index is 3400. The second-order valence-electron chi connectivity index (χ2n) is 15.1. The molecule has 58 heavy (non-hydrogen) atoms. The van der Waals surface area contributed by atoms with Gasteiger partial charge in [-0.1, -0.05) is 97.1 Å². The Morgan fingerprint density at radius 3 is 1.93 bits per heavy atom. The van der Waals surface area contributed by atoms with Crippen molar-refractivity contribution in [3.05, 3.63) is 199 Å². The summed E-state index contributed by atoms with van der Waals surface area (Å²) in [7, 11) is 0. The fraction of sp³-hybridized carbons (Fsp3) is 0.0377. The molecule has 1 aliphatic carbocycles. The quantitative estimate of drug-likeness (QED) is 0.170. The zero-order valence-electron chi connectivity index (χ0n) is 31.5. The molecule has 8 aromatic carbocycles. The van der Waals surface area contributed by atoms with Crippen LogP contribution in [0.4, 0.5) is 11.4 Å². The molecule has 3 heterocycles. The lowest BCUT2D eigenvalue weighted by molar-refractivity contribution is 0.620. The van der Waals surface area contributed by atoms with Crippen LogP contribution >= 0.6 is 0 Å². The zero-order valence-corrected chi connectivity index (χ0v) is 31.5. The molecule has 0 saturated carbocycles. The van der Waals surface area contributed by atoms with Crippen molar-refractivity contribution in [1.29, 1.82) is 0 Å². The standard InChI is InChI=1S/C53H35N3O2/c1-2-10-35(11-3-1)53-54-52-42-29-20-36(32-37(42)21-30-51(52)58-53)34-18-22-38(23-19-34)55(41-28-31-50-46(33-41)45-14-6-9-17-49(45)57-50)39-24-26-40(27-25-39)56-47-15-7-4-12-43(47)44-13-5-8-16-48(44)56/h1-18,20-22,24-33H,19,23H2. The molecule has 0 bridgehead atoms. The van der Waals surface area contributed by atoms with Gasteiger partial charge in [0.1, 0.15) is 16.7 Å². The highest BCUT2D eigenvalue weighted by Gasteiger charge is 2.21. The number of nitrogens with zero attached hydrogens (tertiary/aromatic N) is 3. The summed E-state index contributed by atoms with van der Waals surface area (Å²) >= 11 is 0. The molecule has 274 valence electrons. The van der Waals surface area contributed by atoms with E-state index < -0.39 is 0 Å². The topological polar surface area (TPSA) is 47.3 Å². The van der Waals surface area contributed by atoms with Crippen LogP contribution in [-0.2, 0) is 0 Å². The smallest absolute Gasteiger partial charge is 0.227 e. The number of hydrogen-bond acceptors (Lipinski definition) is 4. The van der Waals surface area contributed by atoms with Crippen LogP contribution in [0.25, 0.3) is 88.3 Å². The largest absolute Gasteiger partial charge is 0.456 e. The van der Waals surface area contributed by atoms with Crippen LogP contribution in [0.5, 0.6) is 0 Å². The maximum atomic E-state index is 6.25. The van der Waals surface area contributed by atoms with Crippen LogP contribution in [-0.4, -0.2) is 9.55 Å². The first-order valence-electron chi connectivity index (χ1n) is 19.8. The molecule has 12 rings (SSSR count). The van der Waals surface area contributed by atoms with Crippen molar-refractivity contribution in [2.45, 2.75) is 12.8 Å². The molecule has 5 heteroatoms. The molecule has 5 nitrogen and oxygen atoms in total. The lowest BCUT2D eigenvalue weighted by atomic mass is 9.93. The summed E-state index contributed by atoms with van der Waals surface area (Å²) in [5, 5.41) is 7.00. The third-order valence-electron chi connectivity index (χ3n) is 11.7. The number of aromatic nitrogens is 2. The third-order valence-corrected chi connectivity index (χ3v) is 11.7. The molecule has 0 saturated heterocycles. The number of benzene rings is 8. The van der Waals surface area contributed by atoms with E-state index in [1.807, 2.05) is 48.5 Å². The minimum absolute atomic E-state index is 0.644. The summed E-state index contributed by atoms with van der Waals surface area (Å²) in [6, 6.07) is 62.2. The van der Waals surface area contributed by atoms with Gasteiger partial charge in [-0.3, -0.25) is 0 Å². The van der Waals surface area contributed by atoms with Gasteiger partial charge in [0.25, 0.3) is 0 Å². The average molecular weight is 746 g/mol. The molecule has 11 aromatic rings. The van der Waals surface area contributed by atoms with E-state index in [4.69, 9.17) is 13.8 Å². The first kappa shape index (κ1) is 32.6. The fourth-order valence-corrected chi connectivity index (χ4v) is 8.96. The molecule has 3 aromatic heterocycles. The van der Waals surface area contributed by atoms with Crippen LogP contribution in [0.1, 0.15) is 18.4 Å². The predicted molar refractivity (Wildman–Crippen MR) is 239 cm³/mol. The van der Waals surface area contributed by atoms with E-state index in [-0.39, 0.29) is 0 Å². The van der Waals surface area contributed by atoms with Gasteiger partial charge in [-0.25, -0.2) is 4.98 Å². The van der Waals surface area contributed by atoms with Gasteiger partial charge in [-0.15, -0.1) is 0 Å². The summed E-state index contributed by atoms with van der Waals surface area (Å²) in [4.78, 5) is 7.33. The SMILES string of the molecule is C1=C(c2ccc3c(ccc4oc(-c5ccccc5)nc43)c2)CCC(N(c2ccc(-n3c4ccccc4c4ccccc43)cc2)c2ccc3oc4ccccc4c3c2)=C1. The minimum Gasteiger partial charge on any atom is -0.456 e. The number of anilines is 2. The number of rotatable bonds is 6. The Morgan fingerprint density at radius 2 is 1.16 bits per heavy atom. The van der Waals surface area contributed by atoms with Crippen molar-refractivity contribution >= 4 is 82.6 Å². The fourth-order valence-electron chi connectivity index (χ4n) is 8.96. The van der Waals surface area contributed by atoms with Gasteiger partial charge < -0.3 is 18.3 Å². The van der Waals surface area contributed by atoms with Crippen molar-refractivity contribution < 1.29 is 8.83 Å². The number of hydrogen-bond donors (Lipinski definition) is 0. The Balaban J connectivity index is 0.941. The normalized spacial score (nSPS) is 13.2. The van der Waals surface area contributed by atoms with E-state index in [9.17, 15) is 0 Å². The highest BCUT2D eigenvalue weighted by Crippen LogP contribution is 2.41. The Hall–Kier alpha value is -7.63. The zero-order chi connectivity index (χ0) is 38.2. The summed E-state index contributed by atoms with van der Waals surface area (Å²) in [6.07, 6.45) is 6.39. The van der Waals surface area contributed by atoms with Crippen LogP contribution in [0.3, 0.4) is 0 Å². The summed E-state index contributed by atoms with van der Waals surface area (Å²) in [5.74, 6) is 0.644.